The maximum atomic E-state index is 13.3. The Hall–Kier alpha value is -1.82. The first kappa shape index (κ1) is 12.6. The topological polar surface area (TPSA) is 55.1 Å². The van der Waals surface area contributed by atoms with Crippen LogP contribution in [0.15, 0.2) is 29.2 Å². The highest BCUT2D eigenvalue weighted by Crippen LogP contribution is 2.31. The first-order valence-electron chi connectivity index (χ1n) is 5.14. The minimum absolute atomic E-state index is 0.0520. The summed E-state index contributed by atoms with van der Waals surface area (Å²) in [5, 5.41) is 12.8. The van der Waals surface area contributed by atoms with Gasteiger partial charge in [-0.25, -0.2) is 9.18 Å². The van der Waals surface area contributed by atoms with Crippen molar-refractivity contribution in [2.75, 3.05) is 6.26 Å². The molecule has 2 rings (SSSR count). The third-order valence-corrected chi connectivity index (χ3v) is 3.33. The molecule has 94 valence electrons. The zero-order chi connectivity index (χ0) is 13.3. The second kappa shape index (κ2) is 4.81. The molecule has 1 aromatic heterocycles. The van der Waals surface area contributed by atoms with E-state index in [0.717, 1.165) is 4.90 Å². The summed E-state index contributed by atoms with van der Waals surface area (Å²) in [7, 11) is 1.64. The largest absolute Gasteiger partial charge is 0.476 e. The first-order chi connectivity index (χ1) is 8.52. The molecular weight excluding hydrogens is 255 g/mol. The van der Waals surface area contributed by atoms with Gasteiger partial charge in [-0.1, -0.05) is 0 Å². The molecule has 0 aliphatic carbocycles. The van der Waals surface area contributed by atoms with Crippen LogP contribution in [0.5, 0.6) is 0 Å². The van der Waals surface area contributed by atoms with Crippen molar-refractivity contribution in [1.82, 2.24) is 9.78 Å². The van der Waals surface area contributed by atoms with Crippen molar-refractivity contribution < 1.29 is 14.3 Å². The van der Waals surface area contributed by atoms with Gasteiger partial charge in [0.15, 0.2) is 5.69 Å². The van der Waals surface area contributed by atoms with Crippen LogP contribution in [0.4, 0.5) is 4.39 Å². The monoisotopic (exact) mass is 266 g/mol. The number of benzene rings is 1. The predicted molar refractivity (Wildman–Crippen MR) is 67.3 cm³/mol. The predicted octanol–water partition coefficient (Wildman–Crippen LogP) is 2.65. The Morgan fingerprint density at radius 1 is 1.44 bits per heavy atom. The van der Waals surface area contributed by atoms with Crippen LogP contribution in [0.1, 0.15) is 10.5 Å². The standard InChI is InChI=1S/C12H11FN2O2S/c1-15-10(6-9(14-15)12(16)17)8-5-7(13)3-4-11(8)18-2/h3-6H,1-2H3,(H,16,17). The van der Waals surface area contributed by atoms with E-state index in [9.17, 15) is 9.18 Å². The van der Waals surface area contributed by atoms with Gasteiger partial charge in [0.05, 0.1) is 5.69 Å². The van der Waals surface area contributed by atoms with Gasteiger partial charge >= 0.3 is 5.97 Å². The SMILES string of the molecule is CSc1ccc(F)cc1-c1cc(C(=O)O)nn1C. The Morgan fingerprint density at radius 3 is 2.72 bits per heavy atom. The number of hydrogen-bond donors (Lipinski definition) is 1. The number of hydrogen-bond acceptors (Lipinski definition) is 3. The minimum Gasteiger partial charge on any atom is -0.476 e. The van der Waals surface area contributed by atoms with Crippen molar-refractivity contribution in [3.63, 3.8) is 0 Å². The molecule has 0 atom stereocenters. The number of aromatic carboxylic acids is 1. The number of aryl methyl sites for hydroxylation is 1. The van der Waals surface area contributed by atoms with Crippen molar-refractivity contribution in [2.45, 2.75) is 4.90 Å². The van der Waals surface area contributed by atoms with E-state index < -0.39 is 5.97 Å². The van der Waals surface area contributed by atoms with Gasteiger partial charge < -0.3 is 5.11 Å². The molecule has 18 heavy (non-hydrogen) atoms. The third kappa shape index (κ3) is 2.24. The lowest BCUT2D eigenvalue weighted by molar-refractivity contribution is 0.0689. The van der Waals surface area contributed by atoms with Crippen LogP contribution in [-0.2, 0) is 7.05 Å². The molecule has 1 N–H and O–H groups in total. The van der Waals surface area contributed by atoms with Gasteiger partial charge in [-0.05, 0) is 30.5 Å². The smallest absolute Gasteiger partial charge is 0.356 e. The van der Waals surface area contributed by atoms with Gasteiger partial charge in [0, 0.05) is 17.5 Å². The van der Waals surface area contributed by atoms with Crippen LogP contribution in [0, 0.1) is 5.82 Å². The van der Waals surface area contributed by atoms with E-state index >= 15 is 0 Å². The van der Waals surface area contributed by atoms with Gasteiger partial charge in [0.25, 0.3) is 0 Å². The van der Waals surface area contributed by atoms with Crippen LogP contribution < -0.4 is 0 Å². The number of carbonyl (C=O) groups is 1. The number of carboxylic acids is 1. The number of nitrogens with zero attached hydrogens (tertiary/aromatic N) is 2. The van der Waals surface area contributed by atoms with Crippen molar-refractivity contribution in [3.8, 4) is 11.3 Å². The molecule has 6 heteroatoms. The molecule has 4 nitrogen and oxygen atoms in total. The molecule has 1 heterocycles. The normalized spacial score (nSPS) is 10.6. The average Bonchev–Trinajstić information content (AvgIpc) is 2.71. The van der Waals surface area contributed by atoms with Crippen LogP contribution >= 0.6 is 11.8 Å². The van der Waals surface area contributed by atoms with Gasteiger partial charge in [-0.2, -0.15) is 5.10 Å². The molecule has 0 amide bonds. The molecule has 0 aliphatic rings. The Balaban J connectivity index is 2.60. The summed E-state index contributed by atoms with van der Waals surface area (Å²) in [6.45, 7) is 0. The van der Waals surface area contributed by atoms with E-state index in [1.807, 2.05) is 6.26 Å². The summed E-state index contributed by atoms with van der Waals surface area (Å²) in [6, 6.07) is 5.87. The Morgan fingerprint density at radius 2 is 2.17 bits per heavy atom. The number of thioether (sulfide) groups is 1. The summed E-state index contributed by atoms with van der Waals surface area (Å²) in [4.78, 5) is 11.7. The van der Waals surface area contributed by atoms with E-state index in [1.165, 1.54) is 34.6 Å². The third-order valence-electron chi connectivity index (χ3n) is 2.54. The molecule has 0 spiro atoms. The van der Waals surface area contributed by atoms with Gasteiger partial charge in [0.2, 0.25) is 0 Å². The van der Waals surface area contributed by atoms with Crippen molar-refractivity contribution in [2.24, 2.45) is 7.05 Å². The molecule has 0 fully saturated rings. The number of rotatable bonds is 3. The molecule has 0 unspecified atom stereocenters. The lowest BCUT2D eigenvalue weighted by atomic mass is 10.1. The first-order valence-corrected chi connectivity index (χ1v) is 6.36. The van der Waals surface area contributed by atoms with Gasteiger partial charge in [-0.15, -0.1) is 11.8 Å². The zero-order valence-corrected chi connectivity index (χ0v) is 10.7. The van der Waals surface area contributed by atoms with E-state index in [-0.39, 0.29) is 11.5 Å². The number of halogens is 1. The summed E-state index contributed by atoms with van der Waals surface area (Å²) in [5.41, 5.74) is 1.17. The zero-order valence-electron chi connectivity index (χ0n) is 9.85. The lowest BCUT2D eigenvalue weighted by Crippen LogP contribution is -1.99. The number of aromatic nitrogens is 2. The molecule has 1 aromatic carbocycles. The minimum atomic E-state index is -1.10. The van der Waals surface area contributed by atoms with E-state index in [0.29, 0.717) is 11.3 Å². The van der Waals surface area contributed by atoms with Crippen LogP contribution in [0.25, 0.3) is 11.3 Å². The maximum Gasteiger partial charge on any atom is 0.356 e. The summed E-state index contributed by atoms with van der Waals surface area (Å²) < 4.78 is 14.8. The molecule has 0 saturated carbocycles. The van der Waals surface area contributed by atoms with Crippen molar-refractivity contribution >= 4 is 17.7 Å². The average molecular weight is 266 g/mol. The number of carboxylic acid groups (broad SMARTS) is 1. The van der Waals surface area contributed by atoms with Crippen molar-refractivity contribution in [3.05, 3.63) is 35.8 Å². The Kier molecular flexibility index (Phi) is 3.38. The fourth-order valence-electron chi connectivity index (χ4n) is 1.70. The molecular formula is C12H11FN2O2S. The van der Waals surface area contributed by atoms with Gasteiger partial charge in [-0.3, -0.25) is 4.68 Å². The quantitative estimate of drug-likeness (QED) is 0.868. The second-order valence-electron chi connectivity index (χ2n) is 3.69. The highest BCUT2D eigenvalue weighted by molar-refractivity contribution is 7.98. The highest BCUT2D eigenvalue weighted by atomic mass is 32.2. The van der Waals surface area contributed by atoms with E-state index in [2.05, 4.69) is 5.10 Å². The Labute approximate surface area is 107 Å². The lowest BCUT2D eigenvalue weighted by Gasteiger charge is -2.07. The molecule has 0 bridgehead atoms. The fraction of sp³-hybridized carbons (Fsp3) is 0.167. The van der Waals surface area contributed by atoms with Gasteiger partial charge in [0.1, 0.15) is 5.82 Å². The van der Waals surface area contributed by atoms with Crippen LogP contribution in [-0.4, -0.2) is 27.1 Å². The van der Waals surface area contributed by atoms with Crippen LogP contribution in [0.3, 0.4) is 0 Å². The van der Waals surface area contributed by atoms with Crippen LogP contribution in [0.2, 0.25) is 0 Å². The maximum absolute atomic E-state index is 13.3. The summed E-state index contributed by atoms with van der Waals surface area (Å²) in [6.07, 6.45) is 1.88. The Bertz CT molecular complexity index is 610. The highest BCUT2D eigenvalue weighted by Gasteiger charge is 2.15. The molecule has 0 saturated heterocycles. The summed E-state index contributed by atoms with van der Waals surface area (Å²) in [5.74, 6) is -1.46. The second-order valence-corrected chi connectivity index (χ2v) is 4.54. The molecule has 0 radical (unpaired) electrons. The van der Waals surface area contributed by atoms with Crippen molar-refractivity contribution in [1.29, 1.82) is 0 Å². The molecule has 0 aliphatic heterocycles. The summed E-state index contributed by atoms with van der Waals surface area (Å²) >= 11 is 1.47. The molecule has 2 aromatic rings. The van der Waals surface area contributed by atoms with E-state index in [1.54, 1.807) is 13.1 Å². The van der Waals surface area contributed by atoms with E-state index in [4.69, 9.17) is 5.11 Å². The fourth-order valence-corrected chi connectivity index (χ4v) is 2.29.